The lowest BCUT2D eigenvalue weighted by atomic mass is 10.1. The lowest BCUT2D eigenvalue weighted by Crippen LogP contribution is -2.39. The Morgan fingerprint density at radius 3 is 2.32 bits per heavy atom. The van der Waals surface area contributed by atoms with Crippen LogP contribution in [-0.4, -0.2) is 46.7 Å². The van der Waals surface area contributed by atoms with Crippen molar-refractivity contribution in [3.63, 3.8) is 0 Å². The first-order valence-corrected chi connectivity index (χ1v) is 9.28. The van der Waals surface area contributed by atoms with Gasteiger partial charge in [-0.3, -0.25) is 0 Å². The number of alkyl halides is 6. The van der Waals surface area contributed by atoms with Crippen molar-refractivity contribution in [2.45, 2.75) is 38.2 Å². The van der Waals surface area contributed by atoms with Crippen molar-refractivity contribution >= 4 is 11.9 Å². The van der Waals surface area contributed by atoms with Gasteiger partial charge in [0.25, 0.3) is 0 Å². The van der Waals surface area contributed by atoms with Gasteiger partial charge in [-0.15, -0.1) is 4.68 Å². The molecule has 2 aromatic heterocycles. The fraction of sp³-hybridized carbons (Fsp3) is 0.500. The van der Waals surface area contributed by atoms with Crippen molar-refractivity contribution in [2.75, 3.05) is 24.6 Å². The average Bonchev–Trinajstić information content (AvgIpc) is 3.13. The number of carbonyl (C=O) groups is 1. The van der Waals surface area contributed by atoms with Gasteiger partial charge in [0.2, 0.25) is 5.88 Å². The summed E-state index contributed by atoms with van der Waals surface area (Å²) in [5.41, 5.74) is -2.15. The van der Waals surface area contributed by atoms with Crippen LogP contribution in [0.2, 0.25) is 0 Å². The Hall–Kier alpha value is -2.99. The Labute approximate surface area is 172 Å². The van der Waals surface area contributed by atoms with Gasteiger partial charge >= 0.3 is 18.4 Å². The lowest BCUT2D eigenvalue weighted by molar-refractivity contribution is -0.141. The molecule has 3 rings (SSSR count). The molecular weight excluding hydrogens is 434 g/mol. The van der Waals surface area contributed by atoms with Crippen LogP contribution < -0.4 is 9.64 Å². The maximum Gasteiger partial charge on any atom is 0.437 e. The number of rotatable bonds is 4. The number of halogens is 6. The van der Waals surface area contributed by atoms with Crippen LogP contribution in [-0.2, 0) is 17.1 Å². The fourth-order valence-electron chi connectivity index (χ4n) is 3.02. The molecule has 0 aliphatic carbocycles. The molecule has 31 heavy (non-hydrogen) atoms. The first-order chi connectivity index (χ1) is 14.5. The summed E-state index contributed by atoms with van der Waals surface area (Å²) in [6, 6.07) is 2.82. The van der Waals surface area contributed by atoms with Crippen molar-refractivity contribution in [1.82, 2.24) is 14.8 Å². The van der Waals surface area contributed by atoms with Crippen molar-refractivity contribution in [1.29, 1.82) is 0 Å². The molecule has 0 amide bonds. The number of ether oxygens (including phenoxy) is 2. The number of aromatic nitrogens is 3. The summed E-state index contributed by atoms with van der Waals surface area (Å²) in [5.74, 6) is -0.0424. The highest BCUT2D eigenvalue weighted by Gasteiger charge is 2.37. The minimum absolute atomic E-state index is 0.0575. The minimum Gasteiger partial charge on any atom is -0.474 e. The molecule has 0 N–H and O–H groups in total. The van der Waals surface area contributed by atoms with Gasteiger partial charge in [-0.25, -0.2) is 9.78 Å². The van der Waals surface area contributed by atoms with Crippen molar-refractivity contribution in [2.24, 2.45) is 0 Å². The van der Waals surface area contributed by atoms with Gasteiger partial charge < -0.3 is 14.4 Å². The summed E-state index contributed by atoms with van der Waals surface area (Å²) in [7, 11) is 0. The van der Waals surface area contributed by atoms with Crippen LogP contribution in [0, 0.1) is 0 Å². The molecule has 170 valence electrons. The molecule has 0 spiro atoms. The number of pyridine rings is 1. The molecular formula is C18H18F6N4O3. The largest absolute Gasteiger partial charge is 0.474 e. The van der Waals surface area contributed by atoms with Crippen LogP contribution >= 0.6 is 0 Å². The van der Waals surface area contributed by atoms with Crippen LogP contribution in [0.4, 0.5) is 37.0 Å². The Morgan fingerprint density at radius 2 is 1.81 bits per heavy atom. The van der Waals surface area contributed by atoms with E-state index in [-0.39, 0.29) is 6.61 Å². The number of anilines is 1. The maximum atomic E-state index is 13.0. The fourth-order valence-corrected chi connectivity index (χ4v) is 3.02. The van der Waals surface area contributed by atoms with E-state index in [9.17, 15) is 31.1 Å². The molecule has 1 aliphatic rings. The van der Waals surface area contributed by atoms with E-state index in [0.717, 1.165) is 12.3 Å². The summed E-state index contributed by atoms with van der Waals surface area (Å²) in [4.78, 5) is 17.5. The van der Waals surface area contributed by atoms with E-state index in [1.807, 2.05) is 0 Å². The summed E-state index contributed by atoms with van der Waals surface area (Å²) >= 11 is 0. The molecule has 1 saturated heterocycles. The van der Waals surface area contributed by atoms with Gasteiger partial charge in [-0.2, -0.15) is 31.4 Å². The van der Waals surface area contributed by atoms with Crippen molar-refractivity contribution in [3.05, 3.63) is 35.7 Å². The van der Waals surface area contributed by atoms with E-state index in [1.165, 1.54) is 13.0 Å². The van der Waals surface area contributed by atoms with Gasteiger partial charge in [0, 0.05) is 38.2 Å². The first-order valence-electron chi connectivity index (χ1n) is 9.28. The lowest BCUT2D eigenvalue weighted by Gasteiger charge is -2.32. The van der Waals surface area contributed by atoms with E-state index in [2.05, 4.69) is 10.1 Å². The Bertz CT molecular complexity index is 902. The number of nitrogens with zero attached hydrogens (tertiary/aromatic N) is 4. The van der Waals surface area contributed by atoms with Crippen molar-refractivity contribution < 1.29 is 40.6 Å². The maximum absolute atomic E-state index is 13.0. The van der Waals surface area contributed by atoms with Gasteiger partial charge in [0.05, 0.1) is 12.2 Å². The van der Waals surface area contributed by atoms with Crippen LogP contribution in [0.3, 0.4) is 0 Å². The predicted octanol–water partition coefficient (Wildman–Crippen LogP) is 4.37. The number of piperidine rings is 1. The van der Waals surface area contributed by atoms with Crippen LogP contribution in [0.5, 0.6) is 5.88 Å². The average molecular weight is 452 g/mol. The third kappa shape index (κ3) is 5.39. The van der Waals surface area contributed by atoms with E-state index < -0.39 is 41.7 Å². The molecule has 0 aromatic carbocycles. The quantitative estimate of drug-likeness (QED) is 0.642. The van der Waals surface area contributed by atoms with E-state index in [4.69, 9.17) is 9.47 Å². The summed E-state index contributed by atoms with van der Waals surface area (Å²) in [6.45, 7) is 2.14. The summed E-state index contributed by atoms with van der Waals surface area (Å²) < 4.78 is 87.6. The molecule has 2 aromatic rings. The summed E-state index contributed by atoms with van der Waals surface area (Å²) in [6.07, 6.45) is -9.45. The molecule has 13 heteroatoms. The second-order valence-electron chi connectivity index (χ2n) is 6.68. The van der Waals surface area contributed by atoms with E-state index in [1.54, 1.807) is 4.90 Å². The van der Waals surface area contributed by atoms with E-state index in [0.29, 0.717) is 42.5 Å². The van der Waals surface area contributed by atoms with Crippen molar-refractivity contribution in [3.8, 4) is 5.88 Å². The number of carbonyl (C=O) groups excluding carboxylic acids is 1. The minimum atomic E-state index is -4.77. The Morgan fingerprint density at radius 1 is 1.13 bits per heavy atom. The zero-order chi connectivity index (χ0) is 22.8. The molecule has 1 aliphatic heterocycles. The predicted molar refractivity (Wildman–Crippen MR) is 94.8 cm³/mol. The highest BCUT2D eigenvalue weighted by molar-refractivity contribution is 5.71. The van der Waals surface area contributed by atoms with E-state index >= 15 is 0 Å². The molecule has 0 unspecified atom stereocenters. The Kier molecular flexibility index (Phi) is 6.32. The normalized spacial score (nSPS) is 15.8. The highest BCUT2D eigenvalue weighted by Crippen LogP contribution is 2.33. The standard InChI is InChI=1S/C18H18F6N4O3/c1-2-30-16(29)28-15(9-13(26-28)18(22,23)24)31-12-5-7-27(8-6-12)14-4-3-11(10-25-14)17(19,20)21/h3-4,9-10,12H,2,5-8H2,1H3. The molecule has 0 bridgehead atoms. The zero-order valence-electron chi connectivity index (χ0n) is 16.2. The summed E-state index contributed by atoms with van der Waals surface area (Å²) in [5, 5.41) is 3.24. The Balaban J connectivity index is 1.66. The molecule has 7 nitrogen and oxygen atoms in total. The smallest absolute Gasteiger partial charge is 0.437 e. The van der Waals surface area contributed by atoms with Crippen LogP contribution in [0.1, 0.15) is 31.0 Å². The molecule has 1 fully saturated rings. The van der Waals surface area contributed by atoms with Gasteiger partial charge in [0.1, 0.15) is 11.9 Å². The number of hydrogen-bond donors (Lipinski definition) is 0. The third-order valence-electron chi connectivity index (χ3n) is 4.54. The second-order valence-corrected chi connectivity index (χ2v) is 6.68. The molecule has 0 radical (unpaired) electrons. The van der Waals surface area contributed by atoms with Crippen LogP contribution in [0.15, 0.2) is 24.4 Å². The molecule has 0 saturated carbocycles. The van der Waals surface area contributed by atoms with Gasteiger partial charge in [-0.05, 0) is 19.1 Å². The second kappa shape index (κ2) is 8.63. The van der Waals surface area contributed by atoms with Gasteiger partial charge in [0.15, 0.2) is 5.69 Å². The topological polar surface area (TPSA) is 69.5 Å². The highest BCUT2D eigenvalue weighted by atomic mass is 19.4. The molecule has 0 atom stereocenters. The third-order valence-corrected chi connectivity index (χ3v) is 4.54. The first kappa shape index (κ1) is 22.7. The zero-order valence-corrected chi connectivity index (χ0v) is 16.2. The van der Waals surface area contributed by atoms with Crippen LogP contribution in [0.25, 0.3) is 0 Å². The SMILES string of the molecule is CCOC(=O)n1nc(C(F)(F)F)cc1OC1CCN(c2ccc(C(F)(F)F)cn2)CC1. The van der Waals surface area contributed by atoms with Gasteiger partial charge in [-0.1, -0.05) is 0 Å². The monoisotopic (exact) mass is 452 g/mol. The number of hydrogen-bond acceptors (Lipinski definition) is 6. The molecule has 3 heterocycles.